The van der Waals surface area contributed by atoms with Crippen LogP contribution < -0.4 is 4.57 Å². The molecule has 0 N–H and O–H groups in total. The quantitative estimate of drug-likeness (QED) is 0.635. The fraction of sp³-hybridized carbons (Fsp3) is 0.500. The number of fused-ring (bicyclic) bond motifs is 1. The summed E-state index contributed by atoms with van der Waals surface area (Å²) in [5.41, 5.74) is 8.70. The van der Waals surface area contributed by atoms with Crippen molar-refractivity contribution < 1.29 is 4.57 Å². The number of rotatable bonds is 2. The topological polar surface area (TPSA) is 3.88 Å². The third-order valence-electron chi connectivity index (χ3n) is 5.64. The van der Waals surface area contributed by atoms with Gasteiger partial charge >= 0.3 is 0 Å². The Labute approximate surface area is 141 Å². The summed E-state index contributed by atoms with van der Waals surface area (Å²) in [7, 11) is 2.16. The zero-order valence-electron chi connectivity index (χ0n) is 15.5. The Morgan fingerprint density at radius 2 is 1.61 bits per heavy atom. The summed E-state index contributed by atoms with van der Waals surface area (Å²) >= 11 is 0. The fourth-order valence-electron chi connectivity index (χ4n) is 3.90. The van der Waals surface area contributed by atoms with Gasteiger partial charge in [0.1, 0.15) is 7.05 Å². The average molecular weight is 308 g/mol. The van der Waals surface area contributed by atoms with Gasteiger partial charge in [0.05, 0.1) is 0 Å². The maximum atomic E-state index is 2.48. The van der Waals surface area contributed by atoms with E-state index in [1.54, 1.807) is 11.1 Å². The summed E-state index contributed by atoms with van der Waals surface area (Å²) in [6, 6.07) is 9.54. The van der Waals surface area contributed by atoms with Crippen molar-refractivity contribution in [2.45, 2.75) is 65.2 Å². The zero-order chi connectivity index (χ0) is 16.7. The lowest BCUT2D eigenvalue weighted by molar-refractivity contribution is -0.660. The number of aromatic nitrogens is 1. The van der Waals surface area contributed by atoms with Crippen LogP contribution in [0.5, 0.6) is 0 Å². The number of benzene rings is 1. The van der Waals surface area contributed by atoms with Gasteiger partial charge in [0.15, 0.2) is 6.20 Å². The van der Waals surface area contributed by atoms with Crippen molar-refractivity contribution in [1.82, 2.24) is 0 Å². The average Bonchev–Trinajstić information content (AvgIpc) is 2.51. The van der Waals surface area contributed by atoms with Crippen LogP contribution in [-0.2, 0) is 7.05 Å². The van der Waals surface area contributed by atoms with Gasteiger partial charge in [0.2, 0.25) is 5.69 Å². The maximum Gasteiger partial charge on any atom is 0.212 e. The molecule has 2 atom stereocenters. The third kappa shape index (κ3) is 2.94. The van der Waals surface area contributed by atoms with Gasteiger partial charge in [0, 0.05) is 17.7 Å². The monoisotopic (exact) mass is 308 g/mol. The molecule has 122 valence electrons. The van der Waals surface area contributed by atoms with E-state index >= 15 is 0 Å². The highest BCUT2D eigenvalue weighted by Gasteiger charge is 2.25. The highest BCUT2D eigenvalue weighted by atomic mass is 14.9. The summed E-state index contributed by atoms with van der Waals surface area (Å²) in [4.78, 5) is 0. The van der Waals surface area contributed by atoms with Crippen molar-refractivity contribution in [3.05, 3.63) is 52.7 Å². The molecule has 0 aliphatic heterocycles. The minimum absolute atomic E-state index is 0.562. The fourth-order valence-corrected chi connectivity index (χ4v) is 3.90. The minimum atomic E-state index is 0.562. The summed E-state index contributed by atoms with van der Waals surface area (Å²) in [6.45, 7) is 11.6. The van der Waals surface area contributed by atoms with E-state index in [4.69, 9.17) is 0 Å². The molecular weight excluding hydrogens is 278 g/mol. The molecule has 0 spiro atoms. The number of aryl methyl sites for hydroxylation is 2. The van der Waals surface area contributed by atoms with E-state index in [1.807, 2.05) is 0 Å². The van der Waals surface area contributed by atoms with Gasteiger partial charge in [-0.25, -0.2) is 4.57 Å². The normalized spacial score (nSPS) is 20.7. The van der Waals surface area contributed by atoms with Crippen molar-refractivity contribution in [3.63, 3.8) is 0 Å². The number of hydrogen-bond acceptors (Lipinski definition) is 0. The van der Waals surface area contributed by atoms with Crippen molar-refractivity contribution in [2.75, 3.05) is 0 Å². The van der Waals surface area contributed by atoms with Gasteiger partial charge in [-0.05, 0) is 65.8 Å². The van der Waals surface area contributed by atoms with Crippen molar-refractivity contribution in [3.8, 4) is 11.3 Å². The molecule has 0 saturated heterocycles. The molecule has 0 radical (unpaired) electrons. The Bertz CT molecular complexity index is 727. The summed E-state index contributed by atoms with van der Waals surface area (Å²) in [6.07, 6.45) is 4.84. The summed E-state index contributed by atoms with van der Waals surface area (Å²) in [5, 5.41) is 0. The summed E-state index contributed by atoms with van der Waals surface area (Å²) in [5.74, 6) is 1.94. The van der Waals surface area contributed by atoms with E-state index in [2.05, 4.69) is 76.7 Å². The standard InChI is InChI=1S/C22H30N/c1-14(2)18-9-10-23(6)22(12-18)21-13-20-16(4)8-7-15(3)19(20)11-17(21)5/h9-16H,7-8H2,1-6H3/q+1. The van der Waals surface area contributed by atoms with Crippen molar-refractivity contribution in [1.29, 1.82) is 0 Å². The molecule has 1 aliphatic rings. The van der Waals surface area contributed by atoms with Gasteiger partial charge in [0.25, 0.3) is 0 Å². The Kier molecular flexibility index (Phi) is 4.31. The molecular formula is C22H30N+. The SMILES string of the molecule is Cc1cc2c(cc1-c1cc(C(C)C)cc[n+]1C)C(C)CCC2C. The smallest absolute Gasteiger partial charge is 0.201 e. The first-order valence-corrected chi connectivity index (χ1v) is 9.03. The largest absolute Gasteiger partial charge is 0.212 e. The first-order chi connectivity index (χ1) is 10.9. The van der Waals surface area contributed by atoms with Crippen LogP contribution in [0, 0.1) is 6.92 Å². The third-order valence-corrected chi connectivity index (χ3v) is 5.64. The molecule has 1 heterocycles. The summed E-state index contributed by atoms with van der Waals surface area (Å²) < 4.78 is 2.26. The van der Waals surface area contributed by atoms with Crippen LogP contribution in [0.3, 0.4) is 0 Å². The molecule has 2 unspecified atom stereocenters. The minimum Gasteiger partial charge on any atom is -0.201 e. The van der Waals surface area contributed by atoms with Crippen LogP contribution in [0.4, 0.5) is 0 Å². The van der Waals surface area contributed by atoms with Crippen LogP contribution >= 0.6 is 0 Å². The predicted octanol–water partition coefficient (Wildman–Crippen LogP) is 5.61. The lowest BCUT2D eigenvalue weighted by Gasteiger charge is -2.28. The lowest BCUT2D eigenvalue weighted by Crippen LogP contribution is -2.31. The van der Waals surface area contributed by atoms with E-state index in [-0.39, 0.29) is 0 Å². The van der Waals surface area contributed by atoms with Crippen molar-refractivity contribution >= 4 is 0 Å². The molecule has 23 heavy (non-hydrogen) atoms. The molecule has 1 aromatic carbocycles. The Morgan fingerprint density at radius 3 is 2.22 bits per heavy atom. The number of nitrogens with zero attached hydrogens (tertiary/aromatic N) is 1. The maximum absolute atomic E-state index is 2.48. The molecule has 0 bridgehead atoms. The zero-order valence-corrected chi connectivity index (χ0v) is 15.5. The molecule has 2 aromatic rings. The second kappa shape index (κ2) is 6.11. The van der Waals surface area contributed by atoms with Crippen LogP contribution in [0.25, 0.3) is 11.3 Å². The highest BCUT2D eigenvalue weighted by Crippen LogP contribution is 2.41. The van der Waals surface area contributed by atoms with Gasteiger partial charge in [-0.2, -0.15) is 0 Å². The number of pyridine rings is 1. The Morgan fingerprint density at radius 1 is 1.00 bits per heavy atom. The first-order valence-electron chi connectivity index (χ1n) is 9.03. The van der Waals surface area contributed by atoms with E-state index in [1.165, 1.54) is 35.2 Å². The van der Waals surface area contributed by atoms with Crippen LogP contribution in [-0.4, -0.2) is 0 Å². The van der Waals surface area contributed by atoms with Crippen LogP contribution in [0.1, 0.15) is 80.5 Å². The second-order valence-electron chi connectivity index (χ2n) is 7.79. The van der Waals surface area contributed by atoms with Crippen molar-refractivity contribution in [2.24, 2.45) is 7.05 Å². The highest BCUT2D eigenvalue weighted by molar-refractivity contribution is 5.65. The predicted molar refractivity (Wildman–Crippen MR) is 97.9 cm³/mol. The van der Waals surface area contributed by atoms with E-state index in [0.29, 0.717) is 17.8 Å². The molecule has 1 nitrogen and oxygen atoms in total. The van der Waals surface area contributed by atoms with E-state index in [9.17, 15) is 0 Å². The second-order valence-corrected chi connectivity index (χ2v) is 7.79. The van der Waals surface area contributed by atoms with Gasteiger partial charge in [-0.15, -0.1) is 0 Å². The molecule has 1 aliphatic carbocycles. The number of hydrogen-bond donors (Lipinski definition) is 0. The molecule has 3 rings (SSSR count). The molecule has 1 aromatic heterocycles. The molecule has 0 amide bonds. The van der Waals surface area contributed by atoms with Crippen LogP contribution in [0.15, 0.2) is 30.5 Å². The van der Waals surface area contributed by atoms with Gasteiger partial charge in [-0.3, -0.25) is 0 Å². The van der Waals surface area contributed by atoms with E-state index < -0.39 is 0 Å². The molecule has 0 fully saturated rings. The Hall–Kier alpha value is -1.63. The first kappa shape index (κ1) is 16.2. The van der Waals surface area contributed by atoms with Crippen LogP contribution in [0.2, 0.25) is 0 Å². The van der Waals surface area contributed by atoms with Gasteiger partial charge < -0.3 is 0 Å². The molecule has 0 saturated carbocycles. The lowest BCUT2D eigenvalue weighted by atomic mass is 9.76. The van der Waals surface area contributed by atoms with Gasteiger partial charge in [-0.1, -0.05) is 33.8 Å². The van der Waals surface area contributed by atoms with E-state index in [0.717, 1.165) is 0 Å². The molecule has 1 heteroatoms. The Balaban J connectivity index is 2.18.